The molecule has 0 spiro atoms. The normalized spacial score (nSPS) is 11.6. The molecule has 0 radical (unpaired) electrons. The van der Waals surface area contributed by atoms with Crippen molar-refractivity contribution in [1.82, 2.24) is 0 Å². The van der Waals surface area contributed by atoms with Crippen LogP contribution in [0.5, 0.6) is 0 Å². The zero-order valence-corrected chi connectivity index (χ0v) is 6.45. The summed E-state index contributed by atoms with van der Waals surface area (Å²) in [6.45, 7) is -0.114. The molecule has 0 bridgehead atoms. The van der Waals surface area contributed by atoms with E-state index in [1.165, 1.54) is 0 Å². The summed E-state index contributed by atoms with van der Waals surface area (Å²) in [4.78, 5) is 0. The van der Waals surface area contributed by atoms with E-state index in [0.717, 1.165) is 0 Å². The fourth-order valence-corrected chi connectivity index (χ4v) is 0.557. The van der Waals surface area contributed by atoms with Gasteiger partial charge < -0.3 is 10.5 Å². The molecular weight excluding hydrogens is 173 g/mol. The zero-order valence-electron chi connectivity index (χ0n) is 6.45. The third kappa shape index (κ3) is 9.22. The Hall–Kier alpha value is -0.780. The lowest BCUT2D eigenvalue weighted by molar-refractivity contribution is -0.137. The summed E-state index contributed by atoms with van der Waals surface area (Å²) >= 11 is 0. The van der Waals surface area contributed by atoms with E-state index >= 15 is 0 Å². The molecule has 0 aliphatic heterocycles. The molecule has 0 heterocycles. The van der Waals surface area contributed by atoms with Gasteiger partial charge in [-0.2, -0.15) is 13.2 Å². The largest absolute Gasteiger partial charge is 0.389 e. The molecule has 0 saturated carbocycles. The van der Waals surface area contributed by atoms with Crippen molar-refractivity contribution >= 4 is 5.84 Å². The van der Waals surface area contributed by atoms with Crippen LogP contribution < -0.4 is 5.73 Å². The summed E-state index contributed by atoms with van der Waals surface area (Å²) in [6.07, 6.45) is -5.07. The molecule has 12 heavy (non-hydrogen) atoms. The Labute approximate surface area is 68.2 Å². The highest BCUT2D eigenvalue weighted by Crippen LogP contribution is 2.20. The summed E-state index contributed by atoms with van der Waals surface area (Å²) < 4.78 is 39.2. The van der Waals surface area contributed by atoms with E-state index < -0.39 is 12.6 Å². The molecule has 6 heteroatoms. The second-order valence-electron chi connectivity index (χ2n) is 2.30. The zero-order chi connectivity index (χ0) is 9.61. The first-order valence-corrected chi connectivity index (χ1v) is 3.39. The molecule has 0 aliphatic rings. The number of halogens is 3. The van der Waals surface area contributed by atoms with E-state index in [1.54, 1.807) is 0 Å². The molecule has 0 fully saturated rings. The third-order valence-corrected chi connectivity index (χ3v) is 1.01. The van der Waals surface area contributed by atoms with Crippen LogP contribution in [0.1, 0.15) is 12.8 Å². The Morgan fingerprint density at radius 2 is 2.00 bits per heavy atom. The SMILES string of the molecule is N=C(N)COCCCC(F)(F)F. The van der Waals surface area contributed by atoms with Gasteiger partial charge in [0.1, 0.15) is 12.4 Å². The molecule has 0 unspecified atom stereocenters. The third-order valence-electron chi connectivity index (χ3n) is 1.01. The van der Waals surface area contributed by atoms with Gasteiger partial charge in [-0.1, -0.05) is 0 Å². The minimum atomic E-state index is -4.13. The lowest BCUT2D eigenvalue weighted by Crippen LogP contribution is -2.18. The van der Waals surface area contributed by atoms with Gasteiger partial charge >= 0.3 is 6.18 Å². The van der Waals surface area contributed by atoms with E-state index in [2.05, 4.69) is 4.74 Å². The first-order chi connectivity index (χ1) is 5.42. The summed E-state index contributed by atoms with van der Waals surface area (Å²) in [7, 11) is 0. The lowest BCUT2D eigenvalue weighted by atomic mass is 10.3. The second-order valence-corrected chi connectivity index (χ2v) is 2.30. The van der Waals surface area contributed by atoms with Crippen molar-refractivity contribution in [2.75, 3.05) is 13.2 Å². The Morgan fingerprint density at radius 3 is 2.42 bits per heavy atom. The smallest absolute Gasteiger partial charge is 0.386 e. The molecule has 3 nitrogen and oxygen atoms in total. The van der Waals surface area contributed by atoms with Crippen LogP contribution in [-0.4, -0.2) is 25.2 Å². The Kier molecular flexibility index (Phi) is 4.65. The predicted octanol–water partition coefficient (Wildman–Crippen LogP) is 1.28. The monoisotopic (exact) mass is 184 g/mol. The fourth-order valence-electron chi connectivity index (χ4n) is 0.557. The van der Waals surface area contributed by atoms with E-state index in [1.807, 2.05) is 0 Å². The highest BCUT2D eigenvalue weighted by Gasteiger charge is 2.25. The number of nitrogens with two attached hydrogens (primary N) is 1. The number of hydrogen-bond donors (Lipinski definition) is 2. The highest BCUT2D eigenvalue weighted by atomic mass is 19.4. The average molecular weight is 184 g/mol. The van der Waals surface area contributed by atoms with Crippen molar-refractivity contribution in [3.8, 4) is 0 Å². The molecule has 0 aromatic rings. The van der Waals surface area contributed by atoms with E-state index in [0.29, 0.717) is 0 Å². The molecule has 0 atom stereocenters. The molecule has 0 amide bonds. The van der Waals surface area contributed by atoms with Crippen LogP contribution in [0, 0.1) is 5.41 Å². The number of nitrogens with one attached hydrogen (secondary N) is 1. The van der Waals surface area contributed by atoms with Crippen LogP contribution in [0.4, 0.5) is 13.2 Å². The van der Waals surface area contributed by atoms with E-state index in [-0.39, 0.29) is 25.5 Å². The maximum absolute atomic E-state index is 11.5. The quantitative estimate of drug-likeness (QED) is 0.384. The summed E-state index contributed by atoms with van der Waals surface area (Å²) in [6, 6.07) is 0. The van der Waals surface area contributed by atoms with Crippen molar-refractivity contribution in [3.63, 3.8) is 0 Å². The first kappa shape index (κ1) is 11.2. The van der Waals surface area contributed by atoms with Crippen LogP contribution in [-0.2, 0) is 4.74 Å². The maximum Gasteiger partial charge on any atom is 0.389 e. The van der Waals surface area contributed by atoms with E-state index in [9.17, 15) is 13.2 Å². The van der Waals surface area contributed by atoms with Gasteiger partial charge in [0.05, 0.1) is 0 Å². The number of alkyl halides is 3. The van der Waals surface area contributed by atoms with Gasteiger partial charge in [-0.3, -0.25) is 5.41 Å². The summed E-state index contributed by atoms with van der Waals surface area (Å²) in [5.74, 6) is -0.179. The average Bonchev–Trinajstić information content (AvgIpc) is 1.83. The molecule has 0 saturated heterocycles. The molecule has 0 rings (SSSR count). The Morgan fingerprint density at radius 1 is 1.42 bits per heavy atom. The number of amidine groups is 1. The Balaban J connectivity index is 3.17. The minimum Gasteiger partial charge on any atom is -0.386 e. The number of rotatable bonds is 5. The van der Waals surface area contributed by atoms with Crippen LogP contribution in [0.25, 0.3) is 0 Å². The van der Waals surface area contributed by atoms with Crippen molar-refractivity contribution in [2.45, 2.75) is 19.0 Å². The summed E-state index contributed by atoms with van der Waals surface area (Å²) in [5, 5.41) is 6.68. The van der Waals surface area contributed by atoms with Crippen LogP contribution in [0.15, 0.2) is 0 Å². The highest BCUT2D eigenvalue weighted by molar-refractivity contribution is 5.78. The van der Waals surface area contributed by atoms with Gasteiger partial charge in [-0.15, -0.1) is 0 Å². The van der Waals surface area contributed by atoms with Crippen LogP contribution in [0.2, 0.25) is 0 Å². The minimum absolute atomic E-state index is 0.0148. The molecule has 0 aliphatic carbocycles. The van der Waals surface area contributed by atoms with Crippen LogP contribution >= 0.6 is 0 Å². The van der Waals surface area contributed by atoms with Gasteiger partial charge in [0, 0.05) is 13.0 Å². The van der Waals surface area contributed by atoms with Crippen molar-refractivity contribution in [2.24, 2.45) is 5.73 Å². The standard InChI is InChI=1S/C6H11F3N2O/c7-6(8,9)2-1-3-12-4-5(10)11/h1-4H2,(H3,10,11). The second kappa shape index (κ2) is 4.97. The van der Waals surface area contributed by atoms with E-state index in [4.69, 9.17) is 11.1 Å². The lowest BCUT2D eigenvalue weighted by Gasteiger charge is -2.05. The Bertz CT molecular complexity index is 146. The molecular formula is C6H11F3N2O. The maximum atomic E-state index is 11.5. The molecule has 0 aromatic heterocycles. The fraction of sp³-hybridized carbons (Fsp3) is 0.833. The van der Waals surface area contributed by atoms with Gasteiger partial charge in [-0.05, 0) is 6.42 Å². The van der Waals surface area contributed by atoms with Crippen LogP contribution in [0.3, 0.4) is 0 Å². The van der Waals surface area contributed by atoms with Gasteiger partial charge in [0.15, 0.2) is 0 Å². The topological polar surface area (TPSA) is 59.1 Å². The number of ether oxygens (including phenoxy) is 1. The van der Waals surface area contributed by atoms with Gasteiger partial charge in [0.25, 0.3) is 0 Å². The van der Waals surface area contributed by atoms with Crippen molar-refractivity contribution in [3.05, 3.63) is 0 Å². The summed E-state index contributed by atoms with van der Waals surface area (Å²) in [5.41, 5.74) is 4.90. The molecule has 3 N–H and O–H groups in total. The predicted molar refractivity (Wildman–Crippen MR) is 38.0 cm³/mol. The molecule has 72 valence electrons. The number of hydrogen-bond acceptors (Lipinski definition) is 2. The van der Waals surface area contributed by atoms with Crippen molar-refractivity contribution in [1.29, 1.82) is 5.41 Å². The first-order valence-electron chi connectivity index (χ1n) is 3.39. The van der Waals surface area contributed by atoms with Crippen molar-refractivity contribution < 1.29 is 17.9 Å². The van der Waals surface area contributed by atoms with Gasteiger partial charge in [-0.25, -0.2) is 0 Å². The van der Waals surface area contributed by atoms with Gasteiger partial charge in [0.2, 0.25) is 0 Å². The molecule has 0 aromatic carbocycles.